The van der Waals surface area contributed by atoms with Crippen molar-refractivity contribution in [3.63, 3.8) is 0 Å². The van der Waals surface area contributed by atoms with Crippen molar-refractivity contribution >= 4 is 17.7 Å². The fourth-order valence-corrected chi connectivity index (χ4v) is 3.35. The van der Waals surface area contributed by atoms with Crippen molar-refractivity contribution in [2.24, 2.45) is 0 Å². The van der Waals surface area contributed by atoms with Crippen LogP contribution in [0, 0.1) is 13.8 Å². The molecule has 0 saturated heterocycles. The highest BCUT2D eigenvalue weighted by Crippen LogP contribution is 2.27. The second-order valence-corrected chi connectivity index (χ2v) is 6.02. The van der Waals surface area contributed by atoms with Crippen LogP contribution >= 0.6 is 11.8 Å². The van der Waals surface area contributed by atoms with E-state index in [0.717, 1.165) is 17.0 Å². The number of carbonyl (C=O) groups excluding carboxylic acids is 1. The van der Waals surface area contributed by atoms with E-state index in [0.29, 0.717) is 29.4 Å². The lowest BCUT2D eigenvalue weighted by molar-refractivity contribution is 0.0727. The number of rotatable bonds is 7. The molecule has 0 saturated carbocycles. The molecule has 2 heterocycles. The molecule has 2 aromatic heterocycles. The Kier molecular flexibility index (Phi) is 6.18. The number of thioether (sulfide) groups is 1. The molecule has 23 heavy (non-hydrogen) atoms. The molecule has 0 radical (unpaired) electrons. The number of pyridine rings is 1. The van der Waals surface area contributed by atoms with E-state index in [-0.39, 0.29) is 12.5 Å². The maximum absolute atomic E-state index is 12.6. The van der Waals surface area contributed by atoms with E-state index < -0.39 is 0 Å². The highest BCUT2D eigenvalue weighted by atomic mass is 32.2. The molecule has 1 N–H and O–H groups in total. The molecule has 0 aromatic carbocycles. The van der Waals surface area contributed by atoms with Gasteiger partial charge in [0.05, 0.1) is 17.9 Å². The summed E-state index contributed by atoms with van der Waals surface area (Å²) in [7, 11) is 0. The fourth-order valence-electron chi connectivity index (χ4n) is 2.21. The van der Waals surface area contributed by atoms with Crippen LogP contribution in [0.3, 0.4) is 0 Å². The van der Waals surface area contributed by atoms with Gasteiger partial charge in [-0.15, -0.1) is 11.8 Å². The van der Waals surface area contributed by atoms with Gasteiger partial charge in [0.15, 0.2) is 0 Å². The average Bonchev–Trinajstić information content (AvgIpc) is 2.88. The number of aliphatic hydroxyl groups excluding tert-OH is 1. The molecular formula is C16H21N3O3S. The van der Waals surface area contributed by atoms with Gasteiger partial charge in [-0.05, 0) is 32.9 Å². The van der Waals surface area contributed by atoms with Gasteiger partial charge in [0.1, 0.15) is 10.8 Å². The van der Waals surface area contributed by atoms with Gasteiger partial charge in [-0.2, -0.15) is 0 Å². The molecule has 0 unspecified atom stereocenters. The third-order valence-corrected chi connectivity index (χ3v) is 4.61. The Balaban J connectivity index is 2.19. The van der Waals surface area contributed by atoms with Crippen molar-refractivity contribution in [1.82, 2.24) is 15.0 Å². The van der Waals surface area contributed by atoms with E-state index in [1.54, 1.807) is 23.2 Å². The Labute approximate surface area is 139 Å². The Hall–Kier alpha value is -1.86. The zero-order chi connectivity index (χ0) is 16.8. The van der Waals surface area contributed by atoms with E-state index in [2.05, 4.69) is 10.1 Å². The van der Waals surface area contributed by atoms with E-state index in [1.807, 2.05) is 20.8 Å². The van der Waals surface area contributed by atoms with Crippen molar-refractivity contribution in [1.29, 1.82) is 0 Å². The topological polar surface area (TPSA) is 79.5 Å². The summed E-state index contributed by atoms with van der Waals surface area (Å²) in [5, 5.41) is 13.7. The average molecular weight is 335 g/mol. The number of aliphatic hydroxyl groups is 1. The zero-order valence-electron chi connectivity index (χ0n) is 13.6. The fraction of sp³-hybridized carbons (Fsp3) is 0.438. The molecule has 2 rings (SSSR count). The molecule has 0 aliphatic rings. The van der Waals surface area contributed by atoms with Gasteiger partial charge in [0, 0.05) is 30.6 Å². The number of nitrogens with zero attached hydrogens (tertiary/aromatic N) is 3. The van der Waals surface area contributed by atoms with Crippen LogP contribution in [0.1, 0.15) is 34.3 Å². The predicted octanol–water partition coefficient (Wildman–Crippen LogP) is 2.43. The van der Waals surface area contributed by atoms with Gasteiger partial charge in [0.2, 0.25) is 0 Å². The molecule has 6 nitrogen and oxygen atoms in total. The Bertz CT molecular complexity index is 653. The van der Waals surface area contributed by atoms with E-state index >= 15 is 0 Å². The largest absolute Gasteiger partial charge is 0.395 e. The van der Waals surface area contributed by atoms with Crippen LogP contribution < -0.4 is 0 Å². The minimum atomic E-state index is -0.115. The SMILES string of the molecule is CCN(CCO)C(=O)c1cccnc1SCc1c(C)noc1C. The molecule has 0 fully saturated rings. The summed E-state index contributed by atoms with van der Waals surface area (Å²) >= 11 is 1.49. The minimum absolute atomic E-state index is 0.0542. The van der Waals surface area contributed by atoms with Gasteiger partial charge in [-0.3, -0.25) is 4.79 Å². The van der Waals surface area contributed by atoms with Crippen LogP contribution in [0.25, 0.3) is 0 Å². The lowest BCUT2D eigenvalue weighted by Gasteiger charge is -2.20. The van der Waals surface area contributed by atoms with Crippen LogP contribution in [0.4, 0.5) is 0 Å². The summed E-state index contributed by atoms with van der Waals surface area (Å²) in [6.07, 6.45) is 1.68. The molecule has 7 heteroatoms. The van der Waals surface area contributed by atoms with Crippen LogP contribution in [0.5, 0.6) is 0 Å². The standard InChI is InChI=1S/C16H21N3O3S/c1-4-19(8-9-20)16(21)13-6-5-7-17-15(13)23-10-14-11(2)18-22-12(14)3/h5-7,20H,4,8-10H2,1-3H3. The number of likely N-dealkylation sites (N-methyl/N-ethyl adjacent to an activating group) is 1. The molecule has 0 spiro atoms. The lowest BCUT2D eigenvalue weighted by Crippen LogP contribution is -2.33. The number of hydrogen-bond donors (Lipinski definition) is 1. The summed E-state index contributed by atoms with van der Waals surface area (Å²) < 4.78 is 5.16. The molecule has 1 amide bonds. The van der Waals surface area contributed by atoms with E-state index in [1.165, 1.54) is 11.8 Å². The molecule has 0 bridgehead atoms. The first kappa shape index (κ1) is 17.5. The molecule has 124 valence electrons. The Morgan fingerprint density at radius 3 is 2.83 bits per heavy atom. The number of carbonyl (C=O) groups is 1. The van der Waals surface area contributed by atoms with Crippen molar-refractivity contribution in [3.8, 4) is 0 Å². The Morgan fingerprint density at radius 1 is 1.43 bits per heavy atom. The second kappa shape index (κ2) is 8.12. The van der Waals surface area contributed by atoms with Gasteiger partial charge >= 0.3 is 0 Å². The van der Waals surface area contributed by atoms with Crippen LogP contribution in [-0.4, -0.2) is 45.8 Å². The van der Waals surface area contributed by atoms with E-state index in [4.69, 9.17) is 9.63 Å². The van der Waals surface area contributed by atoms with Gasteiger partial charge in [-0.1, -0.05) is 5.16 Å². The van der Waals surface area contributed by atoms with Crippen molar-refractivity contribution < 1.29 is 14.4 Å². The Morgan fingerprint density at radius 2 is 2.22 bits per heavy atom. The molecule has 0 aliphatic carbocycles. The number of amides is 1. The monoisotopic (exact) mass is 335 g/mol. The van der Waals surface area contributed by atoms with Gasteiger partial charge < -0.3 is 14.5 Å². The number of hydrogen-bond acceptors (Lipinski definition) is 6. The summed E-state index contributed by atoms with van der Waals surface area (Å²) in [6.45, 7) is 6.47. The number of aryl methyl sites for hydroxylation is 2. The van der Waals surface area contributed by atoms with E-state index in [9.17, 15) is 4.79 Å². The maximum Gasteiger partial charge on any atom is 0.256 e. The predicted molar refractivity (Wildman–Crippen MR) is 88.4 cm³/mol. The second-order valence-electron chi connectivity index (χ2n) is 5.06. The van der Waals surface area contributed by atoms with Gasteiger partial charge in [0.25, 0.3) is 5.91 Å². The summed E-state index contributed by atoms with van der Waals surface area (Å²) in [5.74, 6) is 1.31. The van der Waals surface area contributed by atoms with Crippen molar-refractivity contribution in [2.75, 3.05) is 19.7 Å². The third-order valence-electron chi connectivity index (χ3n) is 3.57. The molecular weight excluding hydrogens is 314 g/mol. The first-order chi connectivity index (χ1) is 11.1. The smallest absolute Gasteiger partial charge is 0.256 e. The quantitative estimate of drug-likeness (QED) is 0.783. The van der Waals surface area contributed by atoms with Gasteiger partial charge in [-0.25, -0.2) is 4.98 Å². The third kappa shape index (κ3) is 4.11. The van der Waals surface area contributed by atoms with Crippen molar-refractivity contribution in [2.45, 2.75) is 31.6 Å². The highest BCUT2D eigenvalue weighted by Gasteiger charge is 2.19. The summed E-state index contributed by atoms with van der Waals surface area (Å²) in [5.41, 5.74) is 2.44. The minimum Gasteiger partial charge on any atom is -0.395 e. The summed E-state index contributed by atoms with van der Waals surface area (Å²) in [4.78, 5) is 18.6. The van der Waals surface area contributed by atoms with Crippen molar-refractivity contribution in [3.05, 3.63) is 40.9 Å². The molecule has 2 aromatic rings. The van der Waals surface area contributed by atoms with Crippen LogP contribution in [0.2, 0.25) is 0 Å². The first-order valence-corrected chi connectivity index (χ1v) is 8.46. The lowest BCUT2D eigenvalue weighted by atomic mass is 10.2. The van der Waals surface area contributed by atoms with Crippen LogP contribution in [-0.2, 0) is 5.75 Å². The normalized spacial score (nSPS) is 10.8. The zero-order valence-corrected chi connectivity index (χ0v) is 14.4. The highest BCUT2D eigenvalue weighted by molar-refractivity contribution is 7.98. The molecule has 0 aliphatic heterocycles. The van der Waals surface area contributed by atoms with Crippen LogP contribution in [0.15, 0.2) is 27.9 Å². The maximum atomic E-state index is 12.6. The molecule has 0 atom stereocenters. The number of aromatic nitrogens is 2. The summed E-state index contributed by atoms with van der Waals surface area (Å²) in [6, 6.07) is 3.52. The first-order valence-electron chi connectivity index (χ1n) is 7.48.